The number of aryl methyl sites for hydroxylation is 1. The van der Waals surface area contributed by atoms with Crippen molar-refractivity contribution in [2.24, 2.45) is 0 Å². The van der Waals surface area contributed by atoms with Gasteiger partial charge in [0.1, 0.15) is 0 Å². The van der Waals surface area contributed by atoms with Crippen molar-refractivity contribution >= 4 is 0 Å². The van der Waals surface area contributed by atoms with Gasteiger partial charge in [0.2, 0.25) is 0 Å². The third kappa shape index (κ3) is 5.44. The summed E-state index contributed by atoms with van der Waals surface area (Å²) < 4.78 is 5.94. The van der Waals surface area contributed by atoms with Gasteiger partial charge in [-0.15, -0.1) is 0 Å². The molecule has 0 aliphatic heterocycles. The molecule has 1 atom stereocenters. The first kappa shape index (κ1) is 18.2. The Morgan fingerprint density at radius 3 is 2.29 bits per heavy atom. The van der Waals surface area contributed by atoms with Crippen LogP contribution < -0.4 is 5.32 Å². The smallest absolute Gasteiger partial charge is 0.0825 e. The van der Waals surface area contributed by atoms with Crippen LogP contribution in [0.25, 0.3) is 0 Å². The molecule has 0 aliphatic rings. The summed E-state index contributed by atoms with van der Waals surface area (Å²) >= 11 is 0. The maximum atomic E-state index is 5.94. The van der Waals surface area contributed by atoms with Crippen molar-refractivity contribution in [1.82, 2.24) is 5.32 Å². The molecule has 0 heterocycles. The first-order valence-corrected chi connectivity index (χ1v) is 8.54. The molecule has 0 fully saturated rings. The van der Waals surface area contributed by atoms with E-state index >= 15 is 0 Å². The minimum absolute atomic E-state index is 0.0220. The molecule has 1 aromatic carbocycles. The molecule has 2 nitrogen and oxygen atoms in total. The van der Waals surface area contributed by atoms with Gasteiger partial charge >= 0.3 is 0 Å². The van der Waals surface area contributed by atoms with Crippen molar-refractivity contribution in [3.05, 3.63) is 35.9 Å². The molecule has 0 amide bonds. The Morgan fingerprint density at radius 2 is 1.76 bits per heavy atom. The zero-order chi connectivity index (χ0) is 15.6. The summed E-state index contributed by atoms with van der Waals surface area (Å²) in [4.78, 5) is 0. The molecule has 1 N–H and O–H groups in total. The number of methoxy groups -OCH3 is 1. The summed E-state index contributed by atoms with van der Waals surface area (Å²) in [6, 6.07) is 11.2. The third-order valence-corrected chi connectivity index (χ3v) is 4.68. The molecule has 0 saturated heterocycles. The van der Waals surface area contributed by atoms with Crippen LogP contribution in [0.2, 0.25) is 0 Å². The fourth-order valence-electron chi connectivity index (χ4n) is 3.20. The van der Waals surface area contributed by atoms with Crippen molar-refractivity contribution < 1.29 is 4.74 Å². The fraction of sp³-hybridized carbons (Fsp3) is 0.684. The standard InChI is InChI=1S/C19H33NO/c1-5-16-20-18(19(6-2,7-3)21-4)15-11-14-17-12-9-8-10-13-17/h8-10,12-13,18,20H,5-7,11,14-16H2,1-4H3. The van der Waals surface area contributed by atoms with E-state index in [1.807, 2.05) is 7.11 Å². The van der Waals surface area contributed by atoms with Gasteiger partial charge in [-0.1, -0.05) is 51.1 Å². The van der Waals surface area contributed by atoms with Crippen LogP contribution in [0.5, 0.6) is 0 Å². The number of nitrogens with one attached hydrogen (secondary N) is 1. The lowest BCUT2D eigenvalue weighted by molar-refractivity contribution is -0.0497. The van der Waals surface area contributed by atoms with E-state index < -0.39 is 0 Å². The Morgan fingerprint density at radius 1 is 1.10 bits per heavy atom. The first-order valence-electron chi connectivity index (χ1n) is 8.54. The Kier molecular flexibility index (Phi) is 8.63. The average Bonchev–Trinajstić information content (AvgIpc) is 2.55. The molecular formula is C19H33NO. The van der Waals surface area contributed by atoms with Gasteiger partial charge < -0.3 is 10.1 Å². The largest absolute Gasteiger partial charge is 0.377 e. The number of hydrogen-bond donors (Lipinski definition) is 1. The van der Waals surface area contributed by atoms with Crippen LogP contribution in [0.4, 0.5) is 0 Å². The maximum absolute atomic E-state index is 5.94. The van der Waals surface area contributed by atoms with Crippen molar-refractivity contribution in [2.75, 3.05) is 13.7 Å². The van der Waals surface area contributed by atoms with Crippen LogP contribution in [-0.2, 0) is 11.2 Å². The molecule has 1 rings (SSSR count). The van der Waals surface area contributed by atoms with Crippen molar-refractivity contribution in [1.29, 1.82) is 0 Å². The number of rotatable bonds is 11. The van der Waals surface area contributed by atoms with E-state index in [9.17, 15) is 0 Å². The van der Waals surface area contributed by atoms with Gasteiger partial charge in [-0.3, -0.25) is 0 Å². The van der Waals surface area contributed by atoms with Crippen molar-refractivity contribution in [2.45, 2.75) is 70.9 Å². The van der Waals surface area contributed by atoms with Crippen LogP contribution in [0.1, 0.15) is 58.4 Å². The maximum Gasteiger partial charge on any atom is 0.0825 e. The zero-order valence-corrected chi connectivity index (χ0v) is 14.3. The molecule has 0 aromatic heterocycles. The van der Waals surface area contributed by atoms with E-state index in [0.717, 1.165) is 25.8 Å². The minimum atomic E-state index is -0.0220. The second kappa shape index (κ2) is 9.97. The van der Waals surface area contributed by atoms with E-state index in [1.165, 1.54) is 24.8 Å². The lowest BCUT2D eigenvalue weighted by Gasteiger charge is -2.39. The molecule has 1 unspecified atom stereocenters. The van der Waals surface area contributed by atoms with Crippen LogP contribution in [0.3, 0.4) is 0 Å². The summed E-state index contributed by atoms with van der Waals surface area (Å²) in [5.41, 5.74) is 1.41. The van der Waals surface area contributed by atoms with Crippen LogP contribution in [0.15, 0.2) is 30.3 Å². The summed E-state index contributed by atoms with van der Waals surface area (Å²) in [5, 5.41) is 3.72. The molecular weight excluding hydrogens is 258 g/mol. The quantitative estimate of drug-likeness (QED) is 0.644. The highest BCUT2D eigenvalue weighted by Gasteiger charge is 2.34. The lowest BCUT2D eigenvalue weighted by atomic mass is 9.84. The van der Waals surface area contributed by atoms with Gasteiger partial charge in [0, 0.05) is 13.2 Å². The molecule has 2 heteroatoms. The normalized spacial score (nSPS) is 13.3. The zero-order valence-electron chi connectivity index (χ0n) is 14.3. The Hall–Kier alpha value is -0.860. The van der Waals surface area contributed by atoms with Crippen LogP contribution in [0, 0.1) is 0 Å². The van der Waals surface area contributed by atoms with E-state index in [2.05, 4.69) is 56.4 Å². The third-order valence-electron chi connectivity index (χ3n) is 4.68. The van der Waals surface area contributed by atoms with Crippen LogP contribution in [-0.4, -0.2) is 25.3 Å². The molecule has 1 aromatic rings. The fourth-order valence-corrected chi connectivity index (χ4v) is 3.20. The first-order chi connectivity index (χ1) is 10.2. The van der Waals surface area contributed by atoms with Gasteiger partial charge in [-0.25, -0.2) is 0 Å². The molecule has 0 radical (unpaired) electrons. The highest BCUT2D eigenvalue weighted by Crippen LogP contribution is 2.27. The van der Waals surface area contributed by atoms with Gasteiger partial charge in [-0.2, -0.15) is 0 Å². The monoisotopic (exact) mass is 291 g/mol. The second-order valence-electron chi connectivity index (χ2n) is 5.86. The highest BCUT2D eigenvalue weighted by molar-refractivity contribution is 5.14. The minimum Gasteiger partial charge on any atom is -0.377 e. The SMILES string of the molecule is CCCNC(CCCc1ccccc1)C(CC)(CC)OC. The van der Waals surface area contributed by atoms with Gasteiger partial charge in [0.05, 0.1) is 5.60 Å². The number of benzene rings is 1. The molecule has 0 aliphatic carbocycles. The molecule has 0 bridgehead atoms. The Balaban J connectivity index is 2.60. The van der Waals surface area contributed by atoms with E-state index in [4.69, 9.17) is 4.74 Å². The van der Waals surface area contributed by atoms with Crippen molar-refractivity contribution in [3.8, 4) is 0 Å². The van der Waals surface area contributed by atoms with E-state index in [1.54, 1.807) is 0 Å². The molecule has 0 saturated carbocycles. The van der Waals surface area contributed by atoms with E-state index in [-0.39, 0.29) is 5.60 Å². The summed E-state index contributed by atoms with van der Waals surface area (Å²) in [7, 11) is 1.87. The van der Waals surface area contributed by atoms with Crippen LogP contribution >= 0.6 is 0 Å². The summed E-state index contributed by atoms with van der Waals surface area (Å²) in [6.07, 6.45) is 6.82. The highest BCUT2D eigenvalue weighted by atomic mass is 16.5. The van der Waals surface area contributed by atoms with Gasteiger partial charge in [0.15, 0.2) is 0 Å². The topological polar surface area (TPSA) is 21.3 Å². The molecule has 0 spiro atoms. The van der Waals surface area contributed by atoms with E-state index in [0.29, 0.717) is 6.04 Å². The molecule has 21 heavy (non-hydrogen) atoms. The predicted molar refractivity (Wildman–Crippen MR) is 91.8 cm³/mol. The predicted octanol–water partition coefficient (Wildman–Crippen LogP) is 4.58. The summed E-state index contributed by atoms with van der Waals surface area (Å²) in [5.74, 6) is 0. The number of ether oxygens (including phenoxy) is 1. The lowest BCUT2D eigenvalue weighted by Crippen LogP contribution is -2.51. The Labute approximate surface area is 131 Å². The average molecular weight is 291 g/mol. The number of hydrogen-bond acceptors (Lipinski definition) is 2. The second-order valence-corrected chi connectivity index (χ2v) is 5.86. The van der Waals surface area contributed by atoms with Gasteiger partial charge in [-0.05, 0) is 50.6 Å². The molecule has 120 valence electrons. The van der Waals surface area contributed by atoms with Gasteiger partial charge in [0.25, 0.3) is 0 Å². The summed E-state index contributed by atoms with van der Waals surface area (Å²) in [6.45, 7) is 7.77. The Bertz CT molecular complexity index is 351. The van der Waals surface area contributed by atoms with Crippen molar-refractivity contribution in [3.63, 3.8) is 0 Å².